The number of fused-ring (bicyclic) bond motifs is 1. The summed E-state index contributed by atoms with van der Waals surface area (Å²) in [5.74, 6) is -0.211. The maximum Gasteiger partial charge on any atom is 0.348 e. The molecule has 0 aliphatic rings. The van der Waals surface area contributed by atoms with E-state index >= 15 is 0 Å². The number of rotatable bonds is 2. The number of hydrogen-bond acceptors (Lipinski definition) is 6. The molecule has 3 rings (SSSR count). The molecule has 1 aromatic carbocycles. The number of esters is 1. The maximum absolute atomic E-state index is 12.1. The summed E-state index contributed by atoms with van der Waals surface area (Å²) in [6.07, 6.45) is 1.45. The second kappa shape index (κ2) is 4.65. The number of furan rings is 1. The molecule has 0 spiro atoms. The molecule has 3 aromatic rings. The van der Waals surface area contributed by atoms with Crippen molar-refractivity contribution in [1.82, 2.24) is 4.98 Å². The minimum atomic E-state index is -0.664. The fourth-order valence-corrected chi connectivity index (χ4v) is 1.90. The molecule has 0 unspecified atom stereocenters. The van der Waals surface area contributed by atoms with Crippen LogP contribution in [-0.2, 0) is 4.74 Å². The Balaban J connectivity index is 2.30. The quantitative estimate of drug-likeness (QED) is 0.665. The summed E-state index contributed by atoms with van der Waals surface area (Å²) >= 11 is 0. The van der Waals surface area contributed by atoms with Crippen LogP contribution in [-0.4, -0.2) is 18.1 Å². The third-order valence-electron chi connectivity index (χ3n) is 2.80. The van der Waals surface area contributed by atoms with Gasteiger partial charge in [0.15, 0.2) is 5.76 Å². The van der Waals surface area contributed by atoms with Gasteiger partial charge in [0.2, 0.25) is 0 Å². The number of carbonyl (C=O) groups excluding carboxylic acids is 1. The van der Waals surface area contributed by atoms with Crippen LogP contribution in [0.2, 0.25) is 0 Å². The number of nitrogens with zero attached hydrogens (tertiary/aromatic N) is 1. The van der Waals surface area contributed by atoms with E-state index in [0.717, 1.165) is 0 Å². The van der Waals surface area contributed by atoms with Crippen molar-refractivity contribution < 1.29 is 18.4 Å². The zero-order valence-electron chi connectivity index (χ0n) is 10.5. The summed E-state index contributed by atoms with van der Waals surface area (Å²) in [5.41, 5.74) is -0.199. The topological polar surface area (TPSA) is 82.5 Å². The molecular weight excluding hydrogens is 262 g/mol. The molecule has 6 nitrogen and oxygen atoms in total. The van der Waals surface area contributed by atoms with E-state index in [1.54, 1.807) is 24.3 Å². The molecular formula is C14H9NO5. The number of ether oxygens (including phenoxy) is 1. The van der Waals surface area contributed by atoms with Gasteiger partial charge in [-0.15, -0.1) is 0 Å². The standard InChI is InChI=1S/C14H9NO5/c1-18-13(16)8-4-2-5-9-11(8)14(17)20-12(15-9)10-6-3-7-19-10/h2-7H,1H3. The third-order valence-corrected chi connectivity index (χ3v) is 2.80. The second-order valence-electron chi connectivity index (χ2n) is 3.98. The van der Waals surface area contributed by atoms with Crippen LogP contribution in [0.25, 0.3) is 22.6 Å². The minimum absolute atomic E-state index is 0.0644. The number of benzene rings is 1. The van der Waals surface area contributed by atoms with Crippen LogP contribution in [0.15, 0.2) is 50.2 Å². The fraction of sp³-hybridized carbons (Fsp3) is 0.0714. The van der Waals surface area contributed by atoms with Crippen molar-refractivity contribution in [3.63, 3.8) is 0 Å². The summed E-state index contributed by atoms with van der Waals surface area (Å²) in [6, 6.07) is 8.00. The van der Waals surface area contributed by atoms with E-state index < -0.39 is 11.6 Å². The Hall–Kier alpha value is -2.89. The summed E-state index contributed by atoms with van der Waals surface area (Å²) in [5, 5.41) is 0.0923. The first-order chi connectivity index (χ1) is 9.70. The van der Waals surface area contributed by atoms with Gasteiger partial charge in [0.25, 0.3) is 5.89 Å². The maximum atomic E-state index is 12.1. The van der Waals surface area contributed by atoms with E-state index in [0.29, 0.717) is 11.3 Å². The van der Waals surface area contributed by atoms with E-state index in [9.17, 15) is 9.59 Å². The van der Waals surface area contributed by atoms with Gasteiger partial charge in [-0.3, -0.25) is 0 Å². The summed E-state index contributed by atoms with van der Waals surface area (Å²) in [7, 11) is 1.24. The van der Waals surface area contributed by atoms with Gasteiger partial charge < -0.3 is 13.6 Å². The Morgan fingerprint density at radius 3 is 2.80 bits per heavy atom. The normalized spacial score (nSPS) is 10.7. The van der Waals surface area contributed by atoms with Crippen molar-refractivity contribution >= 4 is 16.9 Å². The van der Waals surface area contributed by atoms with Gasteiger partial charge in [0.05, 0.1) is 24.5 Å². The predicted octanol–water partition coefficient (Wildman–Crippen LogP) is 2.23. The zero-order chi connectivity index (χ0) is 14.1. The lowest BCUT2D eigenvalue weighted by atomic mass is 10.1. The second-order valence-corrected chi connectivity index (χ2v) is 3.98. The average molecular weight is 271 g/mol. The van der Waals surface area contributed by atoms with Crippen LogP contribution in [0.5, 0.6) is 0 Å². The molecule has 0 amide bonds. The van der Waals surface area contributed by atoms with Gasteiger partial charge in [0, 0.05) is 0 Å². The molecule has 0 bridgehead atoms. The predicted molar refractivity (Wildman–Crippen MR) is 69.3 cm³/mol. The molecule has 0 aliphatic carbocycles. The molecule has 20 heavy (non-hydrogen) atoms. The van der Waals surface area contributed by atoms with Crippen molar-refractivity contribution in [2.75, 3.05) is 7.11 Å². The lowest BCUT2D eigenvalue weighted by Gasteiger charge is -2.03. The molecule has 0 saturated heterocycles. The first-order valence-electron chi connectivity index (χ1n) is 5.77. The van der Waals surface area contributed by atoms with Gasteiger partial charge in [-0.25, -0.2) is 14.6 Å². The molecule has 6 heteroatoms. The van der Waals surface area contributed by atoms with Gasteiger partial charge >= 0.3 is 11.6 Å². The third kappa shape index (κ3) is 1.87. The Morgan fingerprint density at radius 2 is 2.10 bits per heavy atom. The lowest BCUT2D eigenvalue weighted by Crippen LogP contribution is -2.10. The molecule has 0 fully saturated rings. The van der Waals surface area contributed by atoms with Crippen molar-refractivity contribution in [1.29, 1.82) is 0 Å². The van der Waals surface area contributed by atoms with Gasteiger partial charge in [-0.2, -0.15) is 0 Å². The highest BCUT2D eigenvalue weighted by atomic mass is 16.5. The molecule has 2 heterocycles. The average Bonchev–Trinajstić information content (AvgIpc) is 3.00. The van der Waals surface area contributed by atoms with Crippen molar-refractivity contribution in [2.45, 2.75) is 0 Å². The summed E-state index contributed by atoms with van der Waals surface area (Å²) in [6.45, 7) is 0. The largest absolute Gasteiger partial charge is 0.465 e. The highest BCUT2D eigenvalue weighted by molar-refractivity contribution is 6.03. The van der Waals surface area contributed by atoms with Crippen LogP contribution in [0.3, 0.4) is 0 Å². The zero-order valence-corrected chi connectivity index (χ0v) is 10.5. The Kier molecular flexibility index (Phi) is 2.83. The number of hydrogen-bond donors (Lipinski definition) is 0. The van der Waals surface area contributed by atoms with E-state index in [-0.39, 0.29) is 16.8 Å². The highest BCUT2D eigenvalue weighted by Gasteiger charge is 2.17. The van der Waals surface area contributed by atoms with Gasteiger partial charge in [-0.05, 0) is 24.3 Å². The molecule has 0 N–H and O–H groups in total. The van der Waals surface area contributed by atoms with Gasteiger partial charge in [-0.1, -0.05) is 6.07 Å². The van der Waals surface area contributed by atoms with Crippen molar-refractivity contribution in [3.8, 4) is 11.7 Å². The fourth-order valence-electron chi connectivity index (χ4n) is 1.90. The van der Waals surface area contributed by atoms with Crippen molar-refractivity contribution in [2.24, 2.45) is 0 Å². The van der Waals surface area contributed by atoms with Crippen LogP contribution < -0.4 is 5.63 Å². The molecule has 100 valence electrons. The monoisotopic (exact) mass is 271 g/mol. The molecule has 0 aliphatic heterocycles. The minimum Gasteiger partial charge on any atom is -0.465 e. The molecule has 2 aromatic heterocycles. The van der Waals surface area contributed by atoms with Crippen LogP contribution >= 0.6 is 0 Å². The van der Waals surface area contributed by atoms with Crippen LogP contribution in [0.4, 0.5) is 0 Å². The SMILES string of the molecule is COC(=O)c1cccc2nc(-c3ccco3)oc(=O)c12. The van der Waals surface area contributed by atoms with E-state index in [2.05, 4.69) is 9.72 Å². The smallest absolute Gasteiger partial charge is 0.348 e. The van der Waals surface area contributed by atoms with E-state index in [4.69, 9.17) is 8.83 Å². The Morgan fingerprint density at radius 1 is 1.25 bits per heavy atom. The van der Waals surface area contributed by atoms with Crippen LogP contribution in [0, 0.1) is 0 Å². The molecule has 0 atom stereocenters. The number of methoxy groups -OCH3 is 1. The summed E-state index contributed by atoms with van der Waals surface area (Å²) < 4.78 is 14.9. The van der Waals surface area contributed by atoms with Crippen LogP contribution in [0.1, 0.15) is 10.4 Å². The summed E-state index contributed by atoms with van der Waals surface area (Å²) in [4.78, 5) is 27.9. The molecule has 0 saturated carbocycles. The lowest BCUT2D eigenvalue weighted by molar-refractivity contribution is 0.0602. The first-order valence-corrected chi connectivity index (χ1v) is 5.77. The highest BCUT2D eigenvalue weighted by Crippen LogP contribution is 2.20. The molecule has 0 radical (unpaired) electrons. The number of aromatic nitrogens is 1. The first kappa shape index (κ1) is 12.2. The number of carbonyl (C=O) groups is 1. The van der Waals surface area contributed by atoms with Crippen molar-refractivity contribution in [3.05, 3.63) is 52.6 Å². The Bertz CT molecular complexity index is 832. The Labute approximate surface area is 112 Å². The van der Waals surface area contributed by atoms with Gasteiger partial charge in [0.1, 0.15) is 5.39 Å². The van der Waals surface area contributed by atoms with E-state index in [1.165, 1.54) is 19.4 Å². The van der Waals surface area contributed by atoms with E-state index in [1.807, 2.05) is 0 Å².